The highest BCUT2D eigenvalue weighted by Crippen LogP contribution is 2.27. The zero-order chi connectivity index (χ0) is 13.1. The zero-order valence-electron chi connectivity index (χ0n) is 10.6. The van der Waals surface area contributed by atoms with E-state index in [1.165, 1.54) is 6.07 Å². The van der Waals surface area contributed by atoms with Crippen LogP contribution in [0, 0.1) is 5.92 Å². The van der Waals surface area contributed by atoms with Crippen molar-refractivity contribution in [2.24, 2.45) is 11.7 Å². The Hall–Kier alpha value is -1.23. The number of nitrogens with two attached hydrogens (primary N) is 1. The molecule has 1 aromatic heterocycles. The lowest BCUT2D eigenvalue weighted by atomic mass is 9.99. The Morgan fingerprint density at radius 1 is 1.39 bits per heavy atom. The van der Waals surface area contributed by atoms with Crippen LogP contribution >= 0.6 is 0 Å². The van der Waals surface area contributed by atoms with Gasteiger partial charge in [0.2, 0.25) is 0 Å². The molecule has 1 saturated heterocycles. The molecule has 2 rings (SSSR count). The molecule has 1 aliphatic heterocycles. The van der Waals surface area contributed by atoms with E-state index in [4.69, 9.17) is 5.73 Å². The Labute approximate surface area is 106 Å². The second-order valence-electron chi connectivity index (χ2n) is 4.89. The molecule has 0 atom stereocenters. The van der Waals surface area contributed by atoms with Gasteiger partial charge in [-0.05, 0) is 24.8 Å². The second kappa shape index (κ2) is 5.61. The van der Waals surface area contributed by atoms with E-state index in [2.05, 4.69) is 16.8 Å². The van der Waals surface area contributed by atoms with Gasteiger partial charge in [0.1, 0.15) is 11.5 Å². The Bertz CT molecular complexity index is 401. The molecule has 1 fully saturated rings. The van der Waals surface area contributed by atoms with Gasteiger partial charge in [-0.2, -0.15) is 0 Å². The van der Waals surface area contributed by atoms with Crippen molar-refractivity contribution >= 4 is 5.82 Å². The Balaban J connectivity index is 2.26. The minimum atomic E-state index is -2.53. The minimum Gasteiger partial charge on any atom is -0.356 e. The summed E-state index contributed by atoms with van der Waals surface area (Å²) < 4.78 is 25.4. The molecule has 0 aromatic carbocycles. The molecule has 0 spiro atoms. The van der Waals surface area contributed by atoms with E-state index in [0.29, 0.717) is 18.3 Å². The molecule has 0 amide bonds. The number of halogens is 2. The summed E-state index contributed by atoms with van der Waals surface area (Å²) in [6.45, 7) is 4.28. The average Bonchev–Trinajstić information content (AvgIpc) is 2.39. The SMILES string of the molecule is CC1CCN(c2nc(C(F)F)ccc2CN)CC1. The maximum absolute atomic E-state index is 12.7. The van der Waals surface area contributed by atoms with Crippen LogP contribution in [-0.2, 0) is 6.54 Å². The zero-order valence-corrected chi connectivity index (χ0v) is 10.6. The van der Waals surface area contributed by atoms with E-state index in [0.717, 1.165) is 31.5 Å². The van der Waals surface area contributed by atoms with Crippen LogP contribution in [-0.4, -0.2) is 18.1 Å². The largest absolute Gasteiger partial charge is 0.356 e. The van der Waals surface area contributed by atoms with Gasteiger partial charge in [0.25, 0.3) is 6.43 Å². The minimum absolute atomic E-state index is 0.166. The van der Waals surface area contributed by atoms with Crippen LogP contribution < -0.4 is 10.6 Å². The van der Waals surface area contributed by atoms with Gasteiger partial charge in [-0.1, -0.05) is 13.0 Å². The van der Waals surface area contributed by atoms with Crippen LogP contribution in [0.15, 0.2) is 12.1 Å². The van der Waals surface area contributed by atoms with Crippen LogP contribution in [0.1, 0.15) is 37.4 Å². The molecule has 1 aromatic rings. The lowest BCUT2D eigenvalue weighted by Gasteiger charge is -2.32. The molecule has 0 unspecified atom stereocenters. The lowest BCUT2D eigenvalue weighted by molar-refractivity contribution is 0.146. The molecule has 1 aliphatic rings. The third kappa shape index (κ3) is 2.77. The number of hydrogen-bond acceptors (Lipinski definition) is 3. The van der Waals surface area contributed by atoms with Crippen LogP contribution in [0.2, 0.25) is 0 Å². The number of anilines is 1. The van der Waals surface area contributed by atoms with Crippen molar-refractivity contribution in [3.63, 3.8) is 0 Å². The van der Waals surface area contributed by atoms with E-state index < -0.39 is 6.43 Å². The monoisotopic (exact) mass is 255 g/mol. The molecule has 0 bridgehead atoms. The van der Waals surface area contributed by atoms with Crippen molar-refractivity contribution in [2.75, 3.05) is 18.0 Å². The summed E-state index contributed by atoms with van der Waals surface area (Å²) >= 11 is 0. The first-order valence-electron chi connectivity index (χ1n) is 6.34. The van der Waals surface area contributed by atoms with E-state index in [9.17, 15) is 8.78 Å². The molecule has 2 N–H and O–H groups in total. The normalized spacial score (nSPS) is 17.5. The standard InChI is InChI=1S/C13H19F2N3/c1-9-4-6-18(7-5-9)13-10(8-16)2-3-11(17-13)12(14)15/h2-3,9,12H,4-8,16H2,1H3. The predicted octanol–water partition coefficient (Wildman–Crippen LogP) is 2.71. The summed E-state index contributed by atoms with van der Waals surface area (Å²) in [6.07, 6.45) is -0.380. The van der Waals surface area contributed by atoms with Crippen LogP contribution in [0.25, 0.3) is 0 Å². The molecule has 18 heavy (non-hydrogen) atoms. The highest BCUT2D eigenvalue weighted by molar-refractivity contribution is 5.48. The molecule has 0 aliphatic carbocycles. The predicted molar refractivity (Wildman–Crippen MR) is 67.7 cm³/mol. The van der Waals surface area contributed by atoms with Gasteiger partial charge in [0.05, 0.1) is 0 Å². The van der Waals surface area contributed by atoms with Gasteiger partial charge in [0.15, 0.2) is 0 Å². The van der Waals surface area contributed by atoms with Crippen molar-refractivity contribution in [3.05, 3.63) is 23.4 Å². The van der Waals surface area contributed by atoms with Crippen molar-refractivity contribution in [3.8, 4) is 0 Å². The molecule has 2 heterocycles. The fraction of sp³-hybridized carbons (Fsp3) is 0.615. The van der Waals surface area contributed by atoms with Crippen LogP contribution in [0.3, 0.4) is 0 Å². The number of alkyl halides is 2. The fourth-order valence-corrected chi connectivity index (χ4v) is 2.27. The van der Waals surface area contributed by atoms with E-state index in [1.807, 2.05) is 0 Å². The van der Waals surface area contributed by atoms with Crippen molar-refractivity contribution < 1.29 is 8.78 Å². The Morgan fingerprint density at radius 3 is 2.61 bits per heavy atom. The maximum Gasteiger partial charge on any atom is 0.280 e. The number of piperidine rings is 1. The van der Waals surface area contributed by atoms with Gasteiger partial charge in [-0.25, -0.2) is 13.8 Å². The maximum atomic E-state index is 12.7. The molecular weight excluding hydrogens is 236 g/mol. The van der Waals surface area contributed by atoms with Gasteiger partial charge in [-0.3, -0.25) is 0 Å². The number of rotatable bonds is 3. The Morgan fingerprint density at radius 2 is 2.06 bits per heavy atom. The van der Waals surface area contributed by atoms with Crippen LogP contribution in [0.4, 0.5) is 14.6 Å². The van der Waals surface area contributed by atoms with E-state index in [1.54, 1.807) is 6.07 Å². The van der Waals surface area contributed by atoms with Gasteiger partial charge in [-0.15, -0.1) is 0 Å². The van der Waals surface area contributed by atoms with Gasteiger partial charge >= 0.3 is 0 Å². The highest BCUT2D eigenvalue weighted by atomic mass is 19.3. The second-order valence-corrected chi connectivity index (χ2v) is 4.89. The molecule has 3 nitrogen and oxygen atoms in total. The summed E-state index contributed by atoms with van der Waals surface area (Å²) in [7, 11) is 0. The summed E-state index contributed by atoms with van der Waals surface area (Å²) in [5.74, 6) is 1.34. The number of pyridine rings is 1. The third-order valence-electron chi connectivity index (χ3n) is 3.50. The van der Waals surface area contributed by atoms with E-state index in [-0.39, 0.29) is 5.69 Å². The summed E-state index contributed by atoms with van der Waals surface area (Å²) in [5.41, 5.74) is 6.33. The molecular formula is C13H19F2N3. The van der Waals surface area contributed by atoms with Crippen molar-refractivity contribution in [2.45, 2.75) is 32.7 Å². The average molecular weight is 255 g/mol. The molecule has 100 valence electrons. The van der Waals surface area contributed by atoms with Crippen molar-refractivity contribution in [1.82, 2.24) is 4.98 Å². The van der Waals surface area contributed by atoms with Crippen molar-refractivity contribution in [1.29, 1.82) is 0 Å². The molecule has 0 radical (unpaired) electrons. The summed E-state index contributed by atoms with van der Waals surface area (Å²) in [6, 6.07) is 3.03. The number of aromatic nitrogens is 1. The quantitative estimate of drug-likeness (QED) is 0.903. The number of hydrogen-bond donors (Lipinski definition) is 1. The first kappa shape index (κ1) is 13.2. The highest BCUT2D eigenvalue weighted by Gasteiger charge is 2.21. The Kier molecular flexibility index (Phi) is 4.11. The summed E-state index contributed by atoms with van der Waals surface area (Å²) in [5, 5.41) is 0. The molecule has 5 heteroatoms. The lowest BCUT2D eigenvalue weighted by Crippen LogP contribution is -2.34. The number of nitrogens with zero attached hydrogens (tertiary/aromatic N) is 2. The first-order chi connectivity index (χ1) is 8.61. The first-order valence-corrected chi connectivity index (χ1v) is 6.34. The smallest absolute Gasteiger partial charge is 0.280 e. The van der Waals surface area contributed by atoms with Gasteiger partial charge in [0, 0.05) is 25.2 Å². The van der Waals surface area contributed by atoms with Gasteiger partial charge < -0.3 is 10.6 Å². The van der Waals surface area contributed by atoms with E-state index >= 15 is 0 Å². The fourth-order valence-electron chi connectivity index (χ4n) is 2.27. The topological polar surface area (TPSA) is 42.2 Å². The molecule has 0 saturated carbocycles. The van der Waals surface area contributed by atoms with Crippen LogP contribution in [0.5, 0.6) is 0 Å². The third-order valence-corrected chi connectivity index (χ3v) is 3.50. The summed E-state index contributed by atoms with van der Waals surface area (Å²) in [4.78, 5) is 6.17.